The van der Waals surface area contributed by atoms with E-state index in [4.69, 9.17) is 0 Å². The van der Waals surface area contributed by atoms with Crippen molar-refractivity contribution >= 4 is 5.82 Å². The smallest absolute Gasteiger partial charge is 0.169 e. The third kappa shape index (κ3) is 2.61. The van der Waals surface area contributed by atoms with E-state index in [0.29, 0.717) is 11.6 Å². The molecule has 0 radical (unpaired) electrons. The molecular formula is C15H23N5. The van der Waals surface area contributed by atoms with Gasteiger partial charge >= 0.3 is 0 Å². The van der Waals surface area contributed by atoms with Gasteiger partial charge in [0.05, 0.1) is 5.69 Å². The number of hydrogen-bond donors (Lipinski definition) is 1. The van der Waals surface area contributed by atoms with Gasteiger partial charge in [0.2, 0.25) is 0 Å². The average molecular weight is 273 g/mol. The molecule has 1 saturated heterocycles. The van der Waals surface area contributed by atoms with Gasteiger partial charge in [-0.3, -0.25) is 0 Å². The van der Waals surface area contributed by atoms with Crippen LogP contribution in [0.15, 0.2) is 0 Å². The minimum absolute atomic E-state index is 0.415. The van der Waals surface area contributed by atoms with Gasteiger partial charge in [-0.1, -0.05) is 13.8 Å². The third-order valence-electron chi connectivity index (χ3n) is 4.03. The Morgan fingerprint density at radius 3 is 2.60 bits per heavy atom. The fourth-order valence-electron chi connectivity index (χ4n) is 2.97. The predicted octanol–water partition coefficient (Wildman–Crippen LogP) is 1.66. The molecule has 0 spiro atoms. The molecule has 1 fully saturated rings. The molecule has 108 valence electrons. The van der Waals surface area contributed by atoms with E-state index in [0.717, 1.165) is 56.0 Å². The minimum Gasteiger partial charge on any atom is -0.350 e. The van der Waals surface area contributed by atoms with E-state index in [-0.39, 0.29) is 0 Å². The number of aryl methyl sites for hydroxylation is 1. The summed E-state index contributed by atoms with van der Waals surface area (Å²) in [5.41, 5.74) is 2.73. The Morgan fingerprint density at radius 2 is 2.10 bits per heavy atom. The summed E-state index contributed by atoms with van der Waals surface area (Å²) in [6, 6.07) is 2.78. The first-order valence-corrected chi connectivity index (χ1v) is 7.52. The zero-order valence-corrected chi connectivity index (χ0v) is 12.6. The lowest BCUT2D eigenvalue weighted by atomic mass is 10.0. The van der Waals surface area contributed by atoms with Crippen LogP contribution < -0.4 is 10.2 Å². The second-order valence-electron chi connectivity index (χ2n) is 5.08. The van der Waals surface area contributed by atoms with Crippen LogP contribution in [0.25, 0.3) is 0 Å². The summed E-state index contributed by atoms with van der Waals surface area (Å²) in [6.45, 7) is 9.09. The van der Waals surface area contributed by atoms with Crippen molar-refractivity contribution in [1.29, 1.82) is 5.26 Å². The molecule has 1 aromatic rings. The highest BCUT2D eigenvalue weighted by atomic mass is 15.3. The van der Waals surface area contributed by atoms with E-state index in [9.17, 15) is 5.26 Å². The molecule has 0 saturated carbocycles. The molecule has 1 N–H and O–H groups in total. The van der Waals surface area contributed by atoms with Gasteiger partial charge in [0.1, 0.15) is 11.6 Å². The number of nitrogens with one attached hydrogen (secondary N) is 1. The van der Waals surface area contributed by atoms with Crippen molar-refractivity contribution in [3.8, 4) is 6.07 Å². The van der Waals surface area contributed by atoms with Crippen molar-refractivity contribution < 1.29 is 0 Å². The number of anilines is 1. The summed E-state index contributed by atoms with van der Waals surface area (Å²) in [5, 5.41) is 21.7. The van der Waals surface area contributed by atoms with Crippen LogP contribution in [0.4, 0.5) is 5.82 Å². The van der Waals surface area contributed by atoms with Crippen molar-refractivity contribution in [2.45, 2.75) is 46.1 Å². The molecule has 0 aromatic carbocycles. The highest BCUT2D eigenvalue weighted by Gasteiger charge is 2.26. The van der Waals surface area contributed by atoms with Crippen LogP contribution in [-0.4, -0.2) is 35.9 Å². The number of rotatable bonds is 5. The summed E-state index contributed by atoms with van der Waals surface area (Å²) < 4.78 is 0. The second-order valence-corrected chi connectivity index (χ2v) is 5.08. The number of aromatic nitrogens is 2. The monoisotopic (exact) mass is 273 g/mol. The highest BCUT2D eigenvalue weighted by molar-refractivity contribution is 5.58. The molecule has 1 aliphatic rings. The van der Waals surface area contributed by atoms with Crippen molar-refractivity contribution in [3.05, 3.63) is 16.8 Å². The van der Waals surface area contributed by atoms with Crippen LogP contribution in [0, 0.1) is 11.3 Å². The van der Waals surface area contributed by atoms with Crippen LogP contribution in [0.5, 0.6) is 0 Å². The summed E-state index contributed by atoms with van der Waals surface area (Å²) in [7, 11) is 0. The van der Waals surface area contributed by atoms with Crippen LogP contribution in [0.3, 0.4) is 0 Å². The van der Waals surface area contributed by atoms with Gasteiger partial charge in [0, 0.05) is 19.1 Å². The molecule has 5 heteroatoms. The zero-order chi connectivity index (χ0) is 14.5. The van der Waals surface area contributed by atoms with Gasteiger partial charge in [-0.15, -0.1) is 5.10 Å². The van der Waals surface area contributed by atoms with Crippen molar-refractivity contribution in [2.75, 3.05) is 24.5 Å². The number of likely N-dealkylation sites (N-methyl/N-ethyl adjacent to an activating group) is 1. The lowest BCUT2D eigenvalue weighted by molar-refractivity contribution is 0.632. The molecule has 1 aromatic heterocycles. The first kappa shape index (κ1) is 14.7. The third-order valence-corrected chi connectivity index (χ3v) is 4.03. The highest BCUT2D eigenvalue weighted by Crippen LogP contribution is 2.26. The summed E-state index contributed by atoms with van der Waals surface area (Å²) in [5.74, 6) is 0.762. The van der Waals surface area contributed by atoms with Gasteiger partial charge in [0.15, 0.2) is 5.82 Å². The van der Waals surface area contributed by atoms with E-state index < -0.39 is 0 Å². The fraction of sp³-hybridized carbons (Fsp3) is 0.667. The first-order chi connectivity index (χ1) is 9.76. The Morgan fingerprint density at radius 1 is 1.30 bits per heavy atom. The van der Waals surface area contributed by atoms with Gasteiger partial charge in [-0.05, 0) is 38.3 Å². The molecule has 2 heterocycles. The zero-order valence-electron chi connectivity index (χ0n) is 12.6. The average Bonchev–Trinajstić information content (AvgIpc) is 3.01. The van der Waals surface area contributed by atoms with E-state index in [1.54, 1.807) is 0 Å². The van der Waals surface area contributed by atoms with Crippen LogP contribution >= 0.6 is 0 Å². The van der Waals surface area contributed by atoms with Gasteiger partial charge in [-0.25, -0.2) is 0 Å². The molecule has 0 aliphatic carbocycles. The molecule has 1 atom stereocenters. The normalized spacial score (nSPS) is 18.0. The second kappa shape index (κ2) is 6.67. The van der Waals surface area contributed by atoms with E-state index in [2.05, 4.69) is 47.3 Å². The van der Waals surface area contributed by atoms with Crippen LogP contribution in [-0.2, 0) is 12.8 Å². The Balaban J connectivity index is 2.47. The van der Waals surface area contributed by atoms with Crippen molar-refractivity contribution in [1.82, 2.24) is 15.5 Å². The number of hydrogen-bond acceptors (Lipinski definition) is 5. The van der Waals surface area contributed by atoms with E-state index in [1.165, 1.54) is 0 Å². The Bertz CT molecular complexity index is 500. The van der Waals surface area contributed by atoms with Crippen LogP contribution in [0.2, 0.25) is 0 Å². The lowest BCUT2D eigenvalue weighted by Crippen LogP contribution is -2.38. The fourth-order valence-corrected chi connectivity index (χ4v) is 2.97. The van der Waals surface area contributed by atoms with Gasteiger partial charge in [-0.2, -0.15) is 10.4 Å². The first-order valence-electron chi connectivity index (χ1n) is 7.52. The molecule has 1 unspecified atom stereocenters. The van der Waals surface area contributed by atoms with E-state index >= 15 is 0 Å². The Hall–Kier alpha value is -1.67. The molecule has 2 rings (SSSR count). The minimum atomic E-state index is 0.415. The molecular weight excluding hydrogens is 250 g/mol. The van der Waals surface area contributed by atoms with E-state index in [1.807, 2.05) is 0 Å². The summed E-state index contributed by atoms with van der Waals surface area (Å²) in [4.78, 5) is 2.23. The maximum atomic E-state index is 9.58. The maximum absolute atomic E-state index is 9.58. The van der Waals surface area contributed by atoms with Gasteiger partial charge < -0.3 is 10.2 Å². The summed E-state index contributed by atoms with van der Waals surface area (Å²) in [6.07, 6.45) is 2.74. The SMILES string of the molecule is CCc1nnc(N(CC)C2CCNC2)c(C#N)c1CC. The van der Waals surface area contributed by atoms with Crippen molar-refractivity contribution in [2.24, 2.45) is 0 Å². The molecule has 0 amide bonds. The lowest BCUT2D eigenvalue weighted by Gasteiger charge is -2.29. The quantitative estimate of drug-likeness (QED) is 0.884. The number of nitrogens with zero attached hydrogens (tertiary/aromatic N) is 4. The molecule has 0 bridgehead atoms. The number of nitriles is 1. The topological polar surface area (TPSA) is 64.8 Å². The molecule has 1 aliphatic heterocycles. The molecule has 20 heavy (non-hydrogen) atoms. The van der Waals surface area contributed by atoms with Crippen LogP contribution in [0.1, 0.15) is 44.0 Å². The Labute approximate surface area is 121 Å². The summed E-state index contributed by atoms with van der Waals surface area (Å²) >= 11 is 0. The Kier molecular flexibility index (Phi) is 4.91. The molecule has 5 nitrogen and oxygen atoms in total. The maximum Gasteiger partial charge on any atom is 0.169 e. The standard InChI is InChI=1S/C15H23N5/c1-4-12-13(9-16)15(19-18-14(12)5-2)20(6-3)11-7-8-17-10-11/h11,17H,4-8,10H2,1-3H3. The predicted molar refractivity (Wildman–Crippen MR) is 79.8 cm³/mol. The van der Waals surface area contributed by atoms with Crippen molar-refractivity contribution in [3.63, 3.8) is 0 Å². The van der Waals surface area contributed by atoms with Gasteiger partial charge in [0.25, 0.3) is 0 Å². The largest absolute Gasteiger partial charge is 0.350 e.